The Morgan fingerprint density at radius 2 is 1.57 bits per heavy atom. The van der Waals surface area contributed by atoms with Crippen LogP contribution in [0.1, 0.15) is 59.5 Å². The van der Waals surface area contributed by atoms with Gasteiger partial charge in [-0.1, -0.05) is 43.5 Å². The van der Waals surface area contributed by atoms with Gasteiger partial charge >= 0.3 is 12.0 Å². The Morgan fingerprint density at radius 1 is 0.900 bits per heavy atom. The number of aliphatic hydroxyl groups is 1. The van der Waals surface area contributed by atoms with Gasteiger partial charge in [0.05, 0.1) is 13.1 Å². The van der Waals surface area contributed by atoms with Crippen LogP contribution in [-0.2, 0) is 11.3 Å². The number of carbonyl (C=O) groups is 3. The molecule has 40 heavy (non-hydrogen) atoms. The number of hydrogen-bond donors (Lipinski definition) is 4. The number of carbonyl (C=O) groups excluding carboxylic acids is 2. The molecule has 0 radical (unpaired) electrons. The van der Waals surface area contributed by atoms with Gasteiger partial charge in [0.15, 0.2) is 17.7 Å². The Morgan fingerprint density at radius 3 is 2.20 bits per heavy atom. The van der Waals surface area contributed by atoms with Gasteiger partial charge in [0.25, 0.3) is 5.91 Å². The fourth-order valence-corrected chi connectivity index (χ4v) is 4.73. The fourth-order valence-electron chi connectivity index (χ4n) is 4.73. The van der Waals surface area contributed by atoms with E-state index in [4.69, 9.17) is 5.11 Å². The summed E-state index contributed by atoms with van der Waals surface area (Å²) in [5, 5.41) is 23.1. The molecular weight excluding hydrogens is 520 g/mol. The number of urea groups is 1. The van der Waals surface area contributed by atoms with Gasteiger partial charge in [0.1, 0.15) is 0 Å². The molecule has 0 aromatic heterocycles. The molecule has 1 fully saturated rings. The van der Waals surface area contributed by atoms with E-state index < -0.39 is 42.2 Å². The minimum absolute atomic E-state index is 0.100. The molecule has 4 N–H and O–H groups in total. The number of aliphatic hydroxyl groups excluding tert-OH is 1. The van der Waals surface area contributed by atoms with E-state index in [1.165, 1.54) is 47.9 Å². The number of halogens is 2. The van der Waals surface area contributed by atoms with Gasteiger partial charge in [-0.05, 0) is 66.3 Å². The molecule has 1 saturated carbocycles. The molecule has 3 amide bonds. The largest absolute Gasteiger partial charge is 0.479 e. The van der Waals surface area contributed by atoms with Gasteiger partial charge in [-0.15, -0.1) is 0 Å². The smallest absolute Gasteiger partial charge is 0.334 e. The summed E-state index contributed by atoms with van der Waals surface area (Å²) in [7, 11) is 0. The first-order valence-corrected chi connectivity index (χ1v) is 13.1. The minimum atomic E-state index is -1.71. The molecule has 0 saturated heterocycles. The number of carboxylic acid groups (broad SMARTS) is 1. The molecule has 1 atom stereocenters. The van der Waals surface area contributed by atoms with Crippen LogP contribution < -0.4 is 15.5 Å². The number of carboxylic acids is 1. The summed E-state index contributed by atoms with van der Waals surface area (Å²) < 4.78 is 27.1. The molecular formula is C30H31F2N3O5. The van der Waals surface area contributed by atoms with E-state index in [0.29, 0.717) is 17.2 Å². The van der Waals surface area contributed by atoms with Crippen molar-refractivity contribution in [2.45, 2.75) is 50.7 Å². The van der Waals surface area contributed by atoms with Crippen LogP contribution in [0.3, 0.4) is 0 Å². The Balaban J connectivity index is 1.52. The highest BCUT2D eigenvalue weighted by molar-refractivity contribution is 6.01. The molecule has 1 aliphatic rings. The normalized spacial score (nSPS) is 14.3. The average Bonchev–Trinajstić information content (AvgIpc) is 2.97. The first kappa shape index (κ1) is 28.7. The zero-order valence-corrected chi connectivity index (χ0v) is 21.8. The van der Waals surface area contributed by atoms with Crippen LogP contribution in [0.5, 0.6) is 0 Å². The fraction of sp³-hybridized carbons (Fsp3) is 0.300. The predicted octanol–water partition coefficient (Wildman–Crippen LogP) is 5.43. The van der Waals surface area contributed by atoms with Crippen molar-refractivity contribution in [3.05, 3.63) is 95.1 Å². The third kappa shape index (κ3) is 7.41. The van der Waals surface area contributed by atoms with Gasteiger partial charge in [-0.3, -0.25) is 9.69 Å². The topological polar surface area (TPSA) is 119 Å². The second-order valence-corrected chi connectivity index (χ2v) is 9.83. The highest BCUT2D eigenvalue weighted by Gasteiger charge is 2.20. The lowest BCUT2D eigenvalue weighted by Crippen LogP contribution is -2.36. The van der Waals surface area contributed by atoms with Crippen LogP contribution in [0.2, 0.25) is 0 Å². The number of hydrogen-bond acceptors (Lipinski definition) is 4. The predicted molar refractivity (Wildman–Crippen MR) is 146 cm³/mol. The lowest BCUT2D eigenvalue weighted by molar-refractivity contribution is -0.146. The van der Waals surface area contributed by atoms with Crippen LogP contribution in [0.25, 0.3) is 0 Å². The quantitative estimate of drug-likeness (QED) is 0.283. The standard InChI is InChI=1S/C30H31F2N3O5/c31-25-15-12-23(16-26(25)32)34-30(40)35(24-13-10-21(11-14-24)20-4-2-1-3-5-20)18-19-6-8-22(9-7-19)28(37)33-17-27(36)29(38)39/h6-16,20,27,36H,1-5,17-18H2,(H,33,37)(H,34,40)(H,38,39). The summed E-state index contributed by atoms with van der Waals surface area (Å²) >= 11 is 0. The Labute approximate surface area is 230 Å². The maximum atomic E-state index is 13.7. The molecule has 0 heterocycles. The van der Waals surface area contributed by atoms with Crippen molar-refractivity contribution >= 4 is 29.3 Å². The van der Waals surface area contributed by atoms with Crippen LogP contribution in [0, 0.1) is 11.6 Å². The molecule has 0 bridgehead atoms. The molecule has 8 nitrogen and oxygen atoms in total. The van der Waals surface area contributed by atoms with Crippen molar-refractivity contribution in [1.29, 1.82) is 0 Å². The molecule has 4 rings (SSSR count). The molecule has 1 aliphatic carbocycles. The Bertz CT molecular complexity index is 1340. The first-order chi connectivity index (χ1) is 19.2. The number of anilines is 2. The van der Waals surface area contributed by atoms with Crippen molar-refractivity contribution in [3.8, 4) is 0 Å². The number of amides is 3. The SMILES string of the molecule is O=C(NCC(O)C(=O)O)c1ccc(CN(C(=O)Nc2ccc(F)c(F)c2)c2ccc(C3CCCCC3)cc2)cc1. The minimum Gasteiger partial charge on any atom is -0.479 e. The first-order valence-electron chi connectivity index (χ1n) is 13.1. The van der Waals surface area contributed by atoms with E-state index in [2.05, 4.69) is 10.6 Å². The number of rotatable bonds is 9. The lowest BCUT2D eigenvalue weighted by Gasteiger charge is -2.26. The zero-order valence-electron chi connectivity index (χ0n) is 21.8. The van der Waals surface area contributed by atoms with Gasteiger partial charge in [-0.25, -0.2) is 18.4 Å². The Kier molecular flexibility index (Phi) is 9.44. The summed E-state index contributed by atoms with van der Waals surface area (Å²) in [5.41, 5.74) is 2.84. The van der Waals surface area contributed by atoms with Crippen LogP contribution in [-0.4, -0.2) is 40.8 Å². The van der Waals surface area contributed by atoms with Gasteiger partial charge in [0.2, 0.25) is 0 Å². The lowest BCUT2D eigenvalue weighted by atomic mass is 9.84. The average molecular weight is 552 g/mol. The van der Waals surface area contributed by atoms with Crippen molar-refractivity contribution in [1.82, 2.24) is 5.32 Å². The summed E-state index contributed by atoms with van der Waals surface area (Å²) in [6.45, 7) is -0.331. The third-order valence-corrected chi connectivity index (χ3v) is 7.00. The second-order valence-electron chi connectivity index (χ2n) is 9.83. The summed E-state index contributed by atoms with van der Waals surface area (Å²) in [5.74, 6) is -3.61. The van der Waals surface area contributed by atoms with Gasteiger partial charge < -0.3 is 20.8 Å². The van der Waals surface area contributed by atoms with E-state index >= 15 is 0 Å². The highest BCUT2D eigenvalue weighted by atomic mass is 19.2. The molecule has 210 valence electrons. The highest BCUT2D eigenvalue weighted by Crippen LogP contribution is 2.33. The van der Waals surface area contributed by atoms with Crippen molar-refractivity contribution in [3.63, 3.8) is 0 Å². The van der Waals surface area contributed by atoms with E-state index in [9.17, 15) is 28.3 Å². The zero-order chi connectivity index (χ0) is 28.6. The number of benzene rings is 3. The molecule has 1 unspecified atom stereocenters. The molecule has 10 heteroatoms. The second kappa shape index (κ2) is 13.2. The summed E-state index contributed by atoms with van der Waals surface area (Å²) in [6.07, 6.45) is 4.20. The third-order valence-electron chi connectivity index (χ3n) is 7.00. The van der Waals surface area contributed by atoms with Gasteiger partial charge in [-0.2, -0.15) is 0 Å². The molecule has 3 aromatic rings. The van der Waals surface area contributed by atoms with Crippen molar-refractivity contribution in [2.75, 3.05) is 16.8 Å². The molecule has 0 spiro atoms. The van der Waals surface area contributed by atoms with E-state index in [1.54, 1.807) is 12.1 Å². The van der Waals surface area contributed by atoms with Crippen LogP contribution in [0.15, 0.2) is 66.7 Å². The maximum absolute atomic E-state index is 13.7. The molecule has 3 aromatic carbocycles. The van der Waals surface area contributed by atoms with Crippen molar-refractivity contribution < 1.29 is 33.4 Å². The van der Waals surface area contributed by atoms with Gasteiger partial charge in [0, 0.05) is 23.0 Å². The number of aliphatic carboxylic acids is 1. The van der Waals surface area contributed by atoms with E-state index in [0.717, 1.165) is 25.0 Å². The van der Waals surface area contributed by atoms with E-state index in [1.807, 2.05) is 24.3 Å². The summed E-state index contributed by atoms with van der Waals surface area (Å²) in [4.78, 5) is 37.8. The Hall–Kier alpha value is -4.31. The number of nitrogens with zero attached hydrogens (tertiary/aromatic N) is 1. The van der Waals surface area contributed by atoms with Crippen LogP contribution in [0.4, 0.5) is 25.0 Å². The van der Waals surface area contributed by atoms with Crippen molar-refractivity contribution in [2.24, 2.45) is 0 Å². The number of nitrogens with one attached hydrogen (secondary N) is 2. The van der Waals surface area contributed by atoms with Crippen LogP contribution >= 0.6 is 0 Å². The monoisotopic (exact) mass is 551 g/mol. The molecule has 0 aliphatic heterocycles. The summed E-state index contributed by atoms with van der Waals surface area (Å²) in [6, 6.07) is 16.7. The van der Waals surface area contributed by atoms with E-state index in [-0.39, 0.29) is 17.8 Å². The maximum Gasteiger partial charge on any atom is 0.334 e.